The average molecular weight is 525 g/mol. The minimum atomic E-state index is -1.36. The SMILES string of the molecule is O=C(O)c1cn(-c2ccc(Cn3cncn3)cc2)c2cc(N3CCN(c4ccccc4)CC3)c(F)cc2c1=O. The first-order chi connectivity index (χ1) is 19.0. The third kappa shape index (κ3) is 4.72. The Morgan fingerprint density at radius 3 is 2.31 bits per heavy atom. The smallest absolute Gasteiger partial charge is 0.341 e. The van der Waals surface area contributed by atoms with Gasteiger partial charge in [0.15, 0.2) is 0 Å². The van der Waals surface area contributed by atoms with Gasteiger partial charge in [0, 0.05) is 49.1 Å². The van der Waals surface area contributed by atoms with Gasteiger partial charge in [-0.25, -0.2) is 18.9 Å². The minimum Gasteiger partial charge on any atom is -0.477 e. The van der Waals surface area contributed by atoms with E-state index in [1.54, 1.807) is 21.6 Å². The number of carboxylic acid groups (broad SMARTS) is 1. The first-order valence-electron chi connectivity index (χ1n) is 12.6. The molecule has 2 aromatic heterocycles. The largest absolute Gasteiger partial charge is 0.477 e. The van der Waals surface area contributed by atoms with Gasteiger partial charge in [-0.3, -0.25) is 4.79 Å². The fourth-order valence-corrected chi connectivity index (χ4v) is 5.05. The van der Waals surface area contributed by atoms with Crippen molar-refractivity contribution in [2.75, 3.05) is 36.0 Å². The van der Waals surface area contributed by atoms with Gasteiger partial charge >= 0.3 is 5.97 Å². The van der Waals surface area contributed by atoms with E-state index in [1.807, 2.05) is 47.4 Å². The molecule has 1 aliphatic heterocycles. The molecular weight excluding hydrogens is 499 g/mol. The number of benzene rings is 3. The number of aromatic carboxylic acids is 1. The molecule has 0 spiro atoms. The molecule has 6 rings (SSSR count). The molecule has 0 bridgehead atoms. The molecule has 0 unspecified atom stereocenters. The lowest BCUT2D eigenvalue weighted by molar-refractivity contribution is 0.0695. The Balaban J connectivity index is 1.38. The number of rotatable bonds is 6. The van der Waals surface area contributed by atoms with Crippen molar-refractivity contribution in [3.63, 3.8) is 0 Å². The minimum absolute atomic E-state index is 0.0192. The molecule has 0 saturated carbocycles. The van der Waals surface area contributed by atoms with E-state index < -0.39 is 22.8 Å². The van der Waals surface area contributed by atoms with Gasteiger partial charge < -0.3 is 19.5 Å². The Morgan fingerprint density at radius 2 is 1.64 bits per heavy atom. The third-order valence-corrected chi connectivity index (χ3v) is 7.07. The van der Waals surface area contributed by atoms with Crippen LogP contribution in [0.1, 0.15) is 15.9 Å². The molecule has 1 N–H and O–H groups in total. The van der Waals surface area contributed by atoms with Crippen molar-refractivity contribution in [3.8, 4) is 5.69 Å². The second kappa shape index (κ2) is 10.1. The summed E-state index contributed by atoms with van der Waals surface area (Å²) >= 11 is 0. The van der Waals surface area contributed by atoms with E-state index >= 15 is 4.39 Å². The van der Waals surface area contributed by atoms with Gasteiger partial charge in [0.05, 0.1) is 17.7 Å². The highest BCUT2D eigenvalue weighted by Gasteiger charge is 2.23. The van der Waals surface area contributed by atoms with E-state index in [9.17, 15) is 14.7 Å². The summed E-state index contributed by atoms with van der Waals surface area (Å²) in [4.78, 5) is 33.1. The zero-order chi connectivity index (χ0) is 26.9. The number of nitrogens with zero attached hydrogens (tertiary/aromatic N) is 6. The average Bonchev–Trinajstić information content (AvgIpc) is 3.47. The van der Waals surface area contributed by atoms with Crippen molar-refractivity contribution < 1.29 is 14.3 Å². The second-order valence-corrected chi connectivity index (χ2v) is 9.44. The van der Waals surface area contributed by atoms with Crippen molar-refractivity contribution in [3.05, 3.63) is 113 Å². The number of aromatic nitrogens is 4. The standard InChI is InChI=1S/C29H25FN6O3/c30-25-14-23-26(15-27(25)34-12-10-33(11-13-34)21-4-2-1-3-5-21)36(17-24(28(23)37)29(38)39)22-8-6-20(7-9-22)16-35-19-31-18-32-35/h1-9,14-15,17-19H,10-13,16H2,(H,38,39). The van der Waals surface area contributed by atoms with Crippen LogP contribution in [0.4, 0.5) is 15.8 Å². The molecule has 0 atom stereocenters. The number of carboxylic acids is 1. The van der Waals surface area contributed by atoms with Crippen molar-refractivity contribution >= 4 is 28.2 Å². The summed E-state index contributed by atoms with van der Waals surface area (Å²) in [6.45, 7) is 3.17. The van der Waals surface area contributed by atoms with Crippen LogP contribution < -0.4 is 15.2 Å². The van der Waals surface area contributed by atoms with Crippen LogP contribution in [0.3, 0.4) is 0 Å². The van der Waals surface area contributed by atoms with Crippen LogP contribution in [0.25, 0.3) is 16.6 Å². The van der Waals surface area contributed by atoms with E-state index in [2.05, 4.69) is 27.1 Å². The van der Waals surface area contributed by atoms with Crippen LogP contribution in [-0.4, -0.2) is 56.6 Å². The fraction of sp³-hybridized carbons (Fsp3) is 0.172. The van der Waals surface area contributed by atoms with Crippen molar-refractivity contribution in [2.24, 2.45) is 0 Å². The van der Waals surface area contributed by atoms with Crippen molar-refractivity contribution in [2.45, 2.75) is 6.54 Å². The highest BCUT2D eigenvalue weighted by Crippen LogP contribution is 2.29. The van der Waals surface area contributed by atoms with Crippen LogP contribution in [0.15, 0.2) is 90.4 Å². The van der Waals surface area contributed by atoms with E-state index in [1.165, 1.54) is 18.6 Å². The molecule has 10 heteroatoms. The van der Waals surface area contributed by atoms with Gasteiger partial charge in [0.1, 0.15) is 24.0 Å². The maximum atomic E-state index is 15.4. The molecular formula is C29H25FN6O3. The summed E-state index contributed by atoms with van der Waals surface area (Å²) in [5.74, 6) is -1.91. The molecule has 3 aromatic carbocycles. The van der Waals surface area contributed by atoms with Gasteiger partial charge in [-0.05, 0) is 42.0 Å². The summed E-state index contributed by atoms with van der Waals surface area (Å²) in [7, 11) is 0. The molecule has 196 valence electrons. The Morgan fingerprint density at radius 1 is 0.923 bits per heavy atom. The first-order valence-corrected chi connectivity index (χ1v) is 12.6. The van der Waals surface area contributed by atoms with Gasteiger partial charge in [-0.15, -0.1) is 0 Å². The van der Waals surface area contributed by atoms with Crippen molar-refractivity contribution in [1.82, 2.24) is 19.3 Å². The first kappa shape index (κ1) is 24.4. The Hall–Kier alpha value is -4.99. The van der Waals surface area contributed by atoms with Crippen LogP contribution in [0, 0.1) is 5.82 Å². The highest BCUT2D eigenvalue weighted by atomic mass is 19.1. The molecule has 1 saturated heterocycles. The quantitative estimate of drug-likeness (QED) is 0.361. The predicted molar refractivity (Wildman–Crippen MR) is 146 cm³/mol. The number of halogens is 1. The highest BCUT2D eigenvalue weighted by molar-refractivity contribution is 5.94. The molecule has 5 aromatic rings. The van der Waals surface area contributed by atoms with Crippen molar-refractivity contribution in [1.29, 1.82) is 0 Å². The van der Waals surface area contributed by atoms with E-state index in [0.717, 1.165) is 24.3 Å². The molecule has 0 aliphatic carbocycles. The monoisotopic (exact) mass is 524 g/mol. The number of anilines is 2. The number of hydrogen-bond donors (Lipinski definition) is 1. The predicted octanol–water partition coefficient (Wildman–Crippen LogP) is 3.79. The van der Waals surface area contributed by atoms with Gasteiger partial charge in [0.25, 0.3) is 0 Å². The lowest BCUT2D eigenvalue weighted by Crippen LogP contribution is -2.46. The molecule has 39 heavy (non-hydrogen) atoms. The molecule has 0 radical (unpaired) electrons. The maximum absolute atomic E-state index is 15.4. The van der Waals surface area contributed by atoms with Crippen LogP contribution >= 0.6 is 0 Å². The topological polar surface area (TPSA) is 96.5 Å². The number of fused-ring (bicyclic) bond motifs is 1. The normalized spacial score (nSPS) is 13.7. The van der Waals surface area contributed by atoms with Gasteiger partial charge in [-0.2, -0.15) is 5.10 Å². The van der Waals surface area contributed by atoms with Gasteiger partial charge in [0.2, 0.25) is 5.43 Å². The lowest BCUT2D eigenvalue weighted by atomic mass is 10.1. The molecule has 9 nitrogen and oxygen atoms in total. The number of para-hydroxylation sites is 1. The maximum Gasteiger partial charge on any atom is 0.341 e. The molecule has 3 heterocycles. The van der Waals surface area contributed by atoms with Crippen LogP contribution in [-0.2, 0) is 6.54 Å². The summed E-state index contributed by atoms with van der Waals surface area (Å²) in [6.07, 6.45) is 4.40. The Kier molecular flexibility index (Phi) is 6.28. The van der Waals surface area contributed by atoms with E-state index in [-0.39, 0.29) is 5.39 Å². The van der Waals surface area contributed by atoms with E-state index in [0.29, 0.717) is 36.5 Å². The Bertz CT molecular complexity index is 1690. The second-order valence-electron chi connectivity index (χ2n) is 9.44. The molecule has 0 amide bonds. The summed E-state index contributed by atoms with van der Waals surface area (Å²) in [6, 6.07) is 20.4. The number of piperazine rings is 1. The summed E-state index contributed by atoms with van der Waals surface area (Å²) in [5, 5.41) is 13.8. The van der Waals surface area contributed by atoms with Crippen LogP contribution in [0.2, 0.25) is 0 Å². The molecule has 1 fully saturated rings. The zero-order valence-electron chi connectivity index (χ0n) is 20.9. The van der Waals surface area contributed by atoms with Gasteiger partial charge in [-0.1, -0.05) is 30.3 Å². The number of pyridine rings is 1. The summed E-state index contributed by atoms with van der Waals surface area (Å²) in [5.41, 5.74) is 2.43. The Labute approximate surface area is 223 Å². The number of hydrogen-bond acceptors (Lipinski definition) is 6. The zero-order valence-corrected chi connectivity index (χ0v) is 20.9. The number of carbonyl (C=O) groups is 1. The molecule has 1 aliphatic rings. The third-order valence-electron chi connectivity index (χ3n) is 7.07. The van der Waals surface area contributed by atoms with Crippen LogP contribution in [0.5, 0.6) is 0 Å². The summed E-state index contributed by atoms with van der Waals surface area (Å²) < 4.78 is 18.8. The lowest BCUT2D eigenvalue weighted by Gasteiger charge is -2.37. The fourth-order valence-electron chi connectivity index (χ4n) is 5.05. The van der Waals surface area contributed by atoms with E-state index in [4.69, 9.17) is 0 Å².